The third-order valence-electron chi connectivity index (χ3n) is 2.48. The second kappa shape index (κ2) is 4.99. The van der Waals surface area contributed by atoms with Gasteiger partial charge in [-0.2, -0.15) is 0 Å². The van der Waals surface area contributed by atoms with Gasteiger partial charge >= 0.3 is 0 Å². The highest BCUT2D eigenvalue weighted by Gasteiger charge is 2.02. The van der Waals surface area contributed by atoms with Gasteiger partial charge in [0.15, 0.2) is 0 Å². The van der Waals surface area contributed by atoms with Crippen LogP contribution in [0.15, 0.2) is 24.8 Å². The van der Waals surface area contributed by atoms with Crippen molar-refractivity contribution in [3.8, 4) is 0 Å². The van der Waals surface area contributed by atoms with E-state index in [9.17, 15) is 0 Å². The molecule has 76 valence electrons. The minimum Gasteiger partial charge on any atom is -0.0985 e. The molecule has 14 heavy (non-hydrogen) atoms. The molecule has 0 heterocycles. The predicted molar refractivity (Wildman–Crippen MR) is 64.6 cm³/mol. The van der Waals surface area contributed by atoms with Gasteiger partial charge in [-0.15, -0.1) is 0 Å². The lowest BCUT2D eigenvalue weighted by molar-refractivity contribution is 0.853. The van der Waals surface area contributed by atoms with Crippen LogP contribution in [-0.4, -0.2) is 0 Å². The molecule has 0 nitrogen and oxygen atoms in total. The van der Waals surface area contributed by atoms with Gasteiger partial charge in [-0.25, -0.2) is 0 Å². The molecule has 0 saturated carbocycles. The largest absolute Gasteiger partial charge is 0.0985 e. The lowest BCUT2D eigenvalue weighted by atomic mass is 9.96. The van der Waals surface area contributed by atoms with E-state index in [0.717, 1.165) is 0 Å². The fourth-order valence-corrected chi connectivity index (χ4v) is 1.63. The Morgan fingerprint density at radius 2 is 2.00 bits per heavy atom. The number of benzene rings is 1. The normalized spacial score (nSPS) is 10.6. The van der Waals surface area contributed by atoms with Crippen molar-refractivity contribution in [1.82, 2.24) is 0 Å². The Morgan fingerprint density at radius 3 is 2.50 bits per heavy atom. The topological polar surface area (TPSA) is 0 Å². The molecule has 0 saturated heterocycles. The molecular weight excluding hydrogens is 168 g/mol. The van der Waals surface area contributed by atoms with Crippen LogP contribution in [0.25, 0.3) is 6.08 Å². The van der Waals surface area contributed by atoms with Crippen LogP contribution in [0, 0.1) is 0 Å². The second-order valence-corrected chi connectivity index (χ2v) is 4.12. The van der Waals surface area contributed by atoms with Crippen molar-refractivity contribution >= 4 is 6.08 Å². The summed E-state index contributed by atoms with van der Waals surface area (Å²) in [5, 5.41) is 0. The van der Waals surface area contributed by atoms with Crippen LogP contribution in [0.3, 0.4) is 0 Å². The average Bonchev–Trinajstić information content (AvgIpc) is 2.17. The lowest BCUT2D eigenvalue weighted by Crippen LogP contribution is -1.92. The number of aryl methyl sites for hydroxylation is 1. The summed E-state index contributed by atoms with van der Waals surface area (Å²) in [6.45, 7) is 10.5. The SMILES string of the molecule is C=Cc1cc(CCC)cc(C(C)C)c1. The monoisotopic (exact) mass is 188 g/mol. The summed E-state index contributed by atoms with van der Waals surface area (Å²) in [7, 11) is 0. The van der Waals surface area contributed by atoms with Crippen LogP contribution < -0.4 is 0 Å². The van der Waals surface area contributed by atoms with Gasteiger partial charge in [-0.3, -0.25) is 0 Å². The molecule has 0 bridgehead atoms. The van der Waals surface area contributed by atoms with Gasteiger partial charge in [0.1, 0.15) is 0 Å². The predicted octanol–water partition coefficient (Wildman–Crippen LogP) is 4.41. The third-order valence-corrected chi connectivity index (χ3v) is 2.48. The molecule has 1 aromatic carbocycles. The van der Waals surface area contributed by atoms with Crippen LogP contribution in [-0.2, 0) is 6.42 Å². The Morgan fingerprint density at radius 1 is 1.29 bits per heavy atom. The lowest BCUT2D eigenvalue weighted by Gasteiger charge is -2.09. The molecule has 0 N–H and O–H groups in total. The fourth-order valence-electron chi connectivity index (χ4n) is 1.63. The van der Waals surface area contributed by atoms with Crippen molar-refractivity contribution in [2.75, 3.05) is 0 Å². The van der Waals surface area contributed by atoms with Crippen molar-refractivity contribution in [3.05, 3.63) is 41.5 Å². The van der Waals surface area contributed by atoms with Crippen molar-refractivity contribution < 1.29 is 0 Å². The molecule has 0 radical (unpaired) electrons. The molecule has 1 rings (SSSR count). The van der Waals surface area contributed by atoms with Gasteiger partial charge in [-0.1, -0.05) is 58.0 Å². The van der Waals surface area contributed by atoms with Gasteiger partial charge in [-0.05, 0) is 29.0 Å². The van der Waals surface area contributed by atoms with E-state index in [-0.39, 0.29) is 0 Å². The number of rotatable bonds is 4. The first-order chi connectivity index (χ1) is 6.67. The van der Waals surface area contributed by atoms with Crippen LogP contribution in [0.1, 0.15) is 49.8 Å². The molecule has 0 amide bonds. The van der Waals surface area contributed by atoms with Crippen LogP contribution in [0.2, 0.25) is 0 Å². The summed E-state index contributed by atoms with van der Waals surface area (Å²) >= 11 is 0. The van der Waals surface area contributed by atoms with E-state index in [0.29, 0.717) is 5.92 Å². The van der Waals surface area contributed by atoms with E-state index in [1.807, 2.05) is 6.08 Å². The molecule has 0 heteroatoms. The third kappa shape index (κ3) is 2.73. The highest BCUT2D eigenvalue weighted by molar-refractivity contribution is 5.50. The maximum Gasteiger partial charge on any atom is -0.0219 e. The zero-order chi connectivity index (χ0) is 10.6. The Balaban J connectivity index is 3.06. The van der Waals surface area contributed by atoms with E-state index in [2.05, 4.69) is 45.5 Å². The van der Waals surface area contributed by atoms with Crippen molar-refractivity contribution in [3.63, 3.8) is 0 Å². The smallest absolute Gasteiger partial charge is 0.0219 e. The van der Waals surface area contributed by atoms with Crippen LogP contribution >= 0.6 is 0 Å². The summed E-state index contributed by atoms with van der Waals surface area (Å²) < 4.78 is 0. The number of hydrogen-bond donors (Lipinski definition) is 0. The van der Waals surface area contributed by atoms with Gasteiger partial charge < -0.3 is 0 Å². The Kier molecular flexibility index (Phi) is 3.94. The van der Waals surface area contributed by atoms with Crippen molar-refractivity contribution in [2.24, 2.45) is 0 Å². The fraction of sp³-hybridized carbons (Fsp3) is 0.429. The standard InChI is InChI=1S/C14H20/c1-5-7-13-8-12(6-2)9-14(10-13)11(3)4/h6,8-11H,2,5,7H2,1,3-4H3. The second-order valence-electron chi connectivity index (χ2n) is 4.12. The minimum atomic E-state index is 0.602. The maximum absolute atomic E-state index is 3.83. The summed E-state index contributed by atoms with van der Waals surface area (Å²) in [4.78, 5) is 0. The molecular formula is C14H20. The molecule has 0 aliphatic rings. The summed E-state index contributed by atoms with van der Waals surface area (Å²) in [5.41, 5.74) is 4.11. The summed E-state index contributed by atoms with van der Waals surface area (Å²) in [6.07, 6.45) is 4.31. The Hall–Kier alpha value is -1.04. The summed E-state index contributed by atoms with van der Waals surface area (Å²) in [5.74, 6) is 0.602. The molecule has 0 aliphatic carbocycles. The van der Waals surface area contributed by atoms with Gasteiger partial charge in [0.25, 0.3) is 0 Å². The van der Waals surface area contributed by atoms with E-state index < -0.39 is 0 Å². The van der Waals surface area contributed by atoms with Crippen LogP contribution in [0.4, 0.5) is 0 Å². The van der Waals surface area contributed by atoms with E-state index >= 15 is 0 Å². The maximum atomic E-state index is 3.83. The quantitative estimate of drug-likeness (QED) is 0.656. The van der Waals surface area contributed by atoms with Gasteiger partial charge in [0, 0.05) is 0 Å². The minimum absolute atomic E-state index is 0.602. The molecule has 0 atom stereocenters. The molecule has 0 fully saturated rings. The summed E-state index contributed by atoms with van der Waals surface area (Å²) in [6, 6.07) is 6.79. The zero-order valence-electron chi connectivity index (χ0n) is 9.51. The average molecular weight is 188 g/mol. The first-order valence-corrected chi connectivity index (χ1v) is 5.43. The Labute approximate surface area is 87.7 Å². The van der Waals surface area contributed by atoms with Crippen LogP contribution in [0.5, 0.6) is 0 Å². The highest BCUT2D eigenvalue weighted by atomic mass is 14.1. The van der Waals surface area contributed by atoms with E-state index in [1.54, 1.807) is 0 Å². The van der Waals surface area contributed by atoms with E-state index in [4.69, 9.17) is 0 Å². The zero-order valence-corrected chi connectivity index (χ0v) is 9.51. The van der Waals surface area contributed by atoms with Crippen molar-refractivity contribution in [1.29, 1.82) is 0 Å². The molecule has 0 unspecified atom stereocenters. The van der Waals surface area contributed by atoms with E-state index in [1.165, 1.54) is 29.5 Å². The highest BCUT2D eigenvalue weighted by Crippen LogP contribution is 2.20. The molecule has 0 aliphatic heterocycles. The molecule has 0 spiro atoms. The number of hydrogen-bond acceptors (Lipinski definition) is 0. The van der Waals surface area contributed by atoms with Gasteiger partial charge in [0.2, 0.25) is 0 Å². The van der Waals surface area contributed by atoms with Crippen molar-refractivity contribution in [2.45, 2.75) is 39.5 Å². The van der Waals surface area contributed by atoms with Gasteiger partial charge in [0.05, 0.1) is 0 Å². The Bertz CT molecular complexity index is 308. The molecule has 1 aromatic rings. The first kappa shape index (κ1) is 11.0. The molecule has 0 aromatic heterocycles. The first-order valence-electron chi connectivity index (χ1n) is 5.43.